The number of carbonyl (C=O) groups is 2. The fourth-order valence-corrected chi connectivity index (χ4v) is 4.54. The molecule has 206 valence electrons. The summed E-state index contributed by atoms with van der Waals surface area (Å²) in [6, 6.07) is 12.2. The molecule has 4 N–H and O–H groups in total. The highest BCUT2D eigenvalue weighted by atomic mass is 16.5. The second kappa shape index (κ2) is 15.8. The Labute approximate surface area is 226 Å². The van der Waals surface area contributed by atoms with Crippen molar-refractivity contribution in [3.63, 3.8) is 0 Å². The van der Waals surface area contributed by atoms with E-state index in [1.165, 1.54) is 31.8 Å². The Balaban J connectivity index is 1.34. The van der Waals surface area contributed by atoms with Gasteiger partial charge in [-0.25, -0.2) is 9.59 Å². The molecule has 0 bridgehead atoms. The number of nitrogens with two attached hydrogens (primary N) is 2. The molecule has 2 aromatic rings. The van der Waals surface area contributed by atoms with Crippen molar-refractivity contribution in [1.82, 2.24) is 0 Å². The minimum Gasteiger partial charge on any atom is -0.462 e. The number of unbranched alkanes of at least 4 members (excludes halogenated alkanes) is 4. The number of anilines is 2. The Morgan fingerprint density at radius 2 is 1.61 bits per heavy atom. The predicted octanol–water partition coefficient (Wildman–Crippen LogP) is 6.11. The van der Waals surface area contributed by atoms with E-state index < -0.39 is 5.97 Å². The van der Waals surface area contributed by atoms with Crippen molar-refractivity contribution in [2.75, 3.05) is 24.7 Å². The molecule has 0 saturated heterocycles. The molecule has 7 nitrogen and oxygen atoms in total. The second-order valence-electron chi connectivity index (χ2n) is 9.92. The van der Waals surface area contributed by atoms with Crippen molar-refractivity contribution in [2.45, 2.75) is 83.3 Å². The number of hydrogen-bond donors (Lipinski definition) is 2. The van der Waals surface area contributed by atoms with Crippen LogP contribution in [0.15, 0.2) is 48.5 Å². The van der Waals surface area contributed by atoms with Gasteiger partial charge in [0.05, 0.1) is 18.3 Å². The van der Waals surface area contributed by atoms with Gasteiger partial charge in [-0.15, -0.1) is 0 Å². The molecular weight excluding hydrogens is 480 g/mol. The lowest BCUT2D eigenvalue weighted by Gasteiger charge is -2.28. The van der Waals surface area contributed by atoms with Crippen LogP contribution < -0.4 is 11.5 Å². The maximum Gasteiger partial charge on any atom is 0.338 e. The lowest BCUT2D eigenvalue weighted by atomic mass is 9.95. The van der Waals surface area contributed by atoms with E-state index in [-0.39, 0.29) is 24.8 Å². The van der Waals surface area contributed by atoms with Crippen molar-refractivity contribution in [3.05, 3.63) is 65.2 Å². The number of benzene rings is 2. The summed E-state index contributed by atoms with van der Waals surface area (Å²) < 4.78 is 17.0. The van der Waals surface area contributed by atoms with Crippen LogP contribution in [0.1, 0.15) is 86.2 Å². The maximum atomic E-state index is 12.6. The summed E-state index contributed by atoms with van der Waals surface area (Å²) in [6.45, 7) is 3.25. The number of carbonyl (C=O) groups excluding carboxylic acids is 2. The van der Waals surface area contributed by atoms with Crippen molar-refractivity contribution >= 4 is 29.4 Å². The van der Waals surface area contributed by atoms with Gasteiger partial charge < -0.3 is 25.7 Å². The second-order valence-corrected chi connectivity index (χ2v) is 9.92. The van der Waals surface area contributed by atoms with E-state index in [1.54, 1.807) is 48.5 Å². The molecular formula is C31H42N2O5. The zero-order chi connectivity index (χ0) is 27.2. The number of esters is 2. The molecule has 0 spiro atoms. The SMILES string of the molecule is CCCCCCCOC1CCC(OC(=O)c2ccc(/C=C/C(=O)OCCc3cc(N)ccc3N)cc2)CC1. The molecule has 1 saturated carbocycles. The minimum atomic E-state index is -0.452. The monoisotopic (exact) mass is 522 g/mol. The minimum absolute atomic E-state index is 0.0658. The molecule has 0 unspecified atom stereocenters. The molecule has 1 aliphatic rings. The molecule has 0 aliphatic heterocycles. The first-order valence-corrected chi connectivity index (χ1v) is 13.9. The van der Waals surface area contributed by atoms with Crippen LogP contribution in [-0.4, -0.2) is 37.4 Å². The zero-order valence-electron chi connectivity index (χ0n) is 22.5. The smallest absolute Gasteiger partial charge is 0.338 e. The van der Waals surface area contributed by atoms with Crippen molar-refractivity contribution in [3.8, 4) is 0 Å². The van der Waals surface area contributed by atoms with E-state index in [0.717, 1.165) is 49.8 Å². The van der Waals surface area contributed by atoms with Crippen molar-refractivity contribution < 1.29 is 23.8 Å². The van der Waals surface area contributed by atoms with E-state index >= 15 is 0 Å². The van der Waals surface area contributed by atoms with Gasteiger partial charge in [0.2, 0.25) is 0 Å². The van der Waals surface area contributed by atoms with Gasteiger partial charge in [0.1, 0.15) is 6.10 Å². The quantitative estimate of drug-likeness (QED) is 0.133. The third-order valence-electron chi connectivity index (χ3n) is 6.84. The van der Waals surface area contributed by atoms with E-state index in [2.05, 4.69) is 6.92 Å². The lowest BCUT2D eigenvalue weighted by molar-refractivity contribution is -0.137. The number of nitrogen functional groups attached to an aromatic ring is 2. The third kappa shape index (κ3) is 10.2. The molecule has 2 aromatic carbocycles. The van der Waals surface area contributed by atoms with Gasteiger partial charge in [0, 0.05) is 30.5 Å². The largest absolute Gasteiger partial charge is 0.462 e. The van der Waals surface area contributed by atoms with Crippen LogP contribution in [0.2, 0.25) is 0 Å². The summed E-state index contributed by atoms with van der Waals surface area (Å²) in [5.74, 6) is -0.770. The molecule has 0 amide bonds. The molecule has 1 fully saturated rings. The van der Waals surface area contributed by atoms with E-state index in [9.17, 15) is 9.59 Å². The first kappa shape index (κ1) is 29.2. The summed E-state index contributed by atoms with van der Waals surface area (Å²) >= 11 is 0. The molecule has 0 aromatic heterocycles. The summed E-state index contributed by atoms with van der Waals surface area (Å²) in [6.07, 6.45) is 13.4. The highest BCUT2D eigenvalue weighted by Crippen LogP contribution is 2.25. The Hall–Kier alpha value is -3.32. The molecule has 1 aliphatic carbocycles. The number of hydrogen-bond acceptors (Lipinski definition) is 7. The molecule has 0 atom stereocenters. The van der Waals surface area contributed by atoms with Gasteiger partial charge in [0.25, 0.3) is 0 Å². The number of rotatable bonds is 14. The van der Waals surface area contributed by atoms with E-state index in [1.807, 2.05) is 0 Å². The predicted molar refractivity (Wildman–Crippen MR) is 152 cm³/mol. The molecule has 0 heterocycles. The number of ether oxygens (including phenoxy) is 3. The van der Waals surface area contributed by atoms with Gasteiger partial charge in [-0.05, 0) is 79.6 Å². The lowest BCUT2D eigenvalue weighted by Crippen LogP contribution is -2.28. The average molecular weight is 523 g/mol. The van der Waals surface area contributed by atoms with Crippen LogP contribution in [0.25, 0.3) is 6.08 Å². The van der Waals surface area contributed by atoms with E-state index in [4.69, 9.17) is 25.7 Å². The van der Waals surface area contributed by atoms with Crippen molar-refractivity contribution in [1.29, 1.82) is 0 Å². The van der Waals surface area contributed by atoms with Crippen LogP contribution in [-0.2, 0) is 25.4 Å². The fraction of sp³-hybridized carbons (Fsp3) is 0.484. The van der Waals surface area contributed by atoms with Crippen molar-refractivity contribution in [2.24, 2.45) is 0 Å². The highest BCUT2D eigenvalue weighted by molar-refractivity contribution is 5.90. The van der Waals surface area contributed by atoms with Crippen LogP contribution >= 0.6 is 0 Å². The van der Waals surface area contributed by atoms with E-state index in [0.29, 0.717) is 23.4 Å². The van der Waals surface area contributed by atoms with Gasteiger partial charge >= 0.3 is 11.9 Å². The molecule has 7 heteroatoms. The Bertz CT molecular complexity index is 1040. The molecule has 0 radical (unpaired) electrons. The topological polar surface area (TPSA) is 114 Å². The van der Waals surface area contributed by atoms with Gasteiger partial charge in [0.15, 0.2) is 0 Å². The summed E-state index contributed by atoms with van der Waals surface area (Å²) in [5, 5.41) is 0. The van der Waals surface area contributed by atoms with Gasteiger partial charge in [-0.1, -0.05) is 44.7 Å². The normalized spacial score (nSPS) is 17.4. The first-order valence-electron chi connectivity index (χ1n) is 13.9. The maximum absolute atomic E-state index is 12.6. The van der Waals surface area contributed by atoms with Crippen LogP contribution in [0.4, 0.5) is 11.4 Å². The highest BCUT2D eigenvalue weighted by Gasteiger charge is 2.24. The van der Waals surface area contributed by atoms with Gasteiger partial charge in [-0.3, -0.25) is 0 Å². The average Bonchev–Trinajstić information content (AvgIpc) is 2.92. The first-order chi connectivity index (χ1) is 18.4. The third-order valence-corrected chi connectivity index (χ3v) is 6.84. The summed E-state index contributed by atoms with van der Waals surface area (Å²) in [4.78, 5) is 24.6. The van der Waals surface area contributed by atoms with Crippen LogP contribution in [0.5, 0.6) is 0 Å². The summed E-state index contributed by atoms with van der Waals surface area (Å²) in [7, 11) is 0. The zero-order valence-corrected chi connectivity index (χ0v) is 22.5. The van der Waals surface area contributed by atoms with Crippen LogP contribution in [0.3, 0.4) is 0 Å². The van der Waals surface area contributed by atoms with Crippen LogP contribution in [0, 0.1) is 0 Å². The Morgan fingerprint density at radius 1 is 0.895 bits per heavy atom. The Morgan fingerprint density at radius 3 is 2.34 bits per heavy atom. The Kier molecular flexibility index (Phi) is 12.2. The standard InChI is InChI=1S/C31H42N2O5/c1-2-3-4-5-6-20-36-27-13-15-28(16-14-27)38-31(35)24-10-7-23(8-11-24)9-18-30(34)37-21-19-25-22-26(32)12-17-29(25)33/h7-12,17-18,22,27-28H,2-6,13-16,19-21,32-33H2,1H3/b18-9+. The fourth-order valence-electron chi connectivity index (χ4n) is 4.54. The summed E-state index contributed by atoms with van der Waals surface area (Å²) in [5.41, 5.74) is 15.1. The molecule has 38 heavy (non-hydrogen) atoms. The molecule has 3 rings (SSSR count). The van der Waals surface area contributed by atoms with Gasteiger partial charge in [-0.2, -0.15) is 0 Å².